The van der Waals surface area contributed by atoms with Crippen molar-refractivity contribution in [2.75, 3.05) is 0 Å². The molecule has 2 saturated carbocycles. The Hall–Kier alpha value is -2.75. The highest BCUT2D eigenvalue weighted by molar-refractivity contribution is 5.98. The van der Waals surface area contributed by atoms with Crippen LogP contribution in [0.3, 0.4) is 0 Å². The van der Waals surface area contributed by atoms with Crippen LogP contribution in [0.25, 0.3) is 0 Å². The van der Waals surface area contributed by atoms with Gasteiger partial charge in [-0.05, 0) is 117 Å². The lowest BCUT2D eigenvalue weighted by atomic mass is 9.47. The van der Waals surface area contributed by atoms with Gasteiger partial charge in [-0.2, -0.15) is 0 Å². The van der Waals surface area contributed by atoms with Gasteiger partial charge in [0.1, 0.15) is 11.5 Å². The zero-order chi connectivity index (χ0) is 27.5. The second kappa shape index (κ2) is 9.67. The van der Waals surface area contributed by atoms with Gasteiger partial charge in [-0.15, -0.1) is 0 Å². The first-order valence-corrected chi connectivity index (χ1v) is 15.7. The van der Waals surface area contributed by atoms with E-state index in [0.717, 1.165) is 49.1 Å². The number of para-hydroxylation sites is 1. The van der Waals surface area contributed by atoms with Gasteiger partial charge in [0.05, 0.1) is 5.69 Å². The smallest absolute Gasteiger partial charge is 0.321 e. The molecule has 1 aromatic rings. The van der Waals surface area contributed by atoms with Crippen molar-refractivity contribution in [1.82, 2.24) is 0 Å². The van der Waals surface area contributed by atoms with E-state index in [9.17, 15) is 4.79 Å². The molecule has 4 aliphatic carbocycles. The maximum Gasteiger partial charge on any atom is 0.321 e. The van der Waals surface area contributed by atoms with E-state index >= 15 is 0 Å². The van der Waals surface area contributed by atoms with Crippen molar-refractivity contribution in [3.63, 3.8) is 0 Å². The van der Waals surface area contributed by atoms with Gasteiger partial charge < -0.3 is 4.74 Å². The number of aliphatic imine (C=N–C) groups is 2. The molecule has 7 rings (SSSR count). The van der Waals surface area contributed by atoms with Gasteiger partial charge in [0.2, 0.25) is 0 Å². The molecule has 40 heavy (non-hydrogen) atoms. The van der Waals surface area contributed by atoms with Gasteiger partial charge in [-0.3, -0.25) is 14.8 Å². The number of hydrogen-bond donors (Lipinski definition) is 0. The molecule has 8 atom stereocenters. The molecule has 8 unspecified atom stereocenters. The zero-order valence-electron chi connectivity index (χ0n) is 24.4. The Balaban J connectivity index is 1.03. The minimum Gasteiger partial charge on any atom is -0.461 e. The van der Waals surface area contributed by atoms with Gasteiger partial charge in [0.15, 0.2) is 0 Å². The summed E-state index contributed by atoms with van der Waals surface area (Å²) in [5.41, 5.74) is 5.70. The van der Waals surface area contributed by atoms with E-state index in [1.165, 1.54) is 44.1 Å². The summed E-state index contributed by atoms with van der Waals surface area (Å²) in [5, 5.41) is 0. The zero-order valence-corrected chi connectivity index (χ0v) is 24.4. The molecule has 0 aromatic heterocycles. The fourth-order valence-corrected chi connectivity index (χ4v) is 9.43. The average molecular weight is 537 g/mol. The Morgan fingerprint density at radius 1 is 1.00 bits per heavy atom. The Morgan fingerprint density at radius 2 is 1.85 bits per heavy atom. The molecular formula is C36H44N2O2. The van der Waals surface area contributed by atoms with Gasteiger partial charge in [0, 0.05) is 25.0 Å². The fraction of sp³-hybridized carbons (Fsp3) is 0.583. The molecule has 4 heteroatoms. The predicted octanol–water partition coefficient (Wildman–Crippen LogP) is 8.36. The van der Waals surface area contributed by atoms with Crippen molar-refractivity contribution in [1.29, 1.82) is 0 Å². The number of benzene rings is 1. The first-order chi connectivity index (χ1) is 19.3. The van der Waals surface area contributed by atoms with Crippen LogP contribution >= 0.6 is 0 Å². The molecule has 0 N–H and O–H groups in total. The Morgan fingerprint density at radius 3 is 2.70 bits per heavy atom. The van der Waals surface area contributed by atoms with Crippen LogP contribution in [0.2, 0.25) is 0 Å². The number of aryl methyl sites for hydroxylation is 1. The topological polar surface area (TPSA) is 51.0 Å². The molecule has 2 heterocycles. The summed E-state index contributed by atoms with van der Waals surface area (Å²) in [6.07, 6.45) is 24.2. The number of rotatable bonds is 4. The van der Waals surface area contributed by atoms with Crippen LogP contribution in [-0.4, -0.2) is 24.5 Å². The van der Waals surface area contributed by atoms with Crippen molar-refractivity contribution >= 4 is 24.1 Å². The largest absolute Gasteiger partial charge is 0.461 e. The minimum absolute atomic E-state index is 0.0106. The highest BCUT2D eigenvalue weighted by Crippen LogP contribution is 2.65. The third-order valence-corrected chi connectivity index (χ3v) is 12.0. The molecule has 210 valence electrons. The second-order valence-electron chi connectivity index (χ2n) is 14.2. The van der Waals surface area contributed by atoms with E-state index in [1.54, 1.807) is 23.6 Å². The highest BCUT2D eigenvalue weighted by Gasteiger charge is 2.57. The molecule has 0 spiro atoms. The number of fused-ring (bicyclic) bond motifs is 6. The van der Waals surface area contributed by atoms with E-state index in [4.69, 9.17) is 9.73 Å². The summed E-state index contributed by atoms with van der Waals surface area (Å²) in [6.45, 7) is 7.02. The second-order valence-corrected chi connectivity index (χ2v) is 14.2. The molecular weight excluding hydrogens is 492 g/mol. The van der Waals surface area contributed by atoms with Gasteiger partial charge >= 0.3 is 5.97 Å². The van der Waals surface area contributed by atoms with E-state index < -0.39 is 5.41 Å². The molecule has 2 aliphatic heterocycles. The average Bonchev–Trinajstić information content (AvgIpc) is 3.47. The summed E-state index contributed by atoms with van der Waals surface area (Å²) < 4.78 is 6.07. The van der Waals surface area contributed by atoms with Crippen LogP contribution < -0.4 is 0 Å². The molecule has 0 radical (unpaired) electrons. The number of ether oxygens (including phenoxy) is 1. The number of nitrogens with zero attached hydrogens (tertiary/aromatic N) is 2. The third-order valence-electron chi connectivity index (χ3n) is 12.0. The Labute approximate surface area is 239 Å². The van der Waals surface area contributed by atoms with Crippen molar-refractivity contribution in [3.8, 4) is 0 Å². The number of allylic oxidation sites excluding steroid dienone is 3. The van der Waals surface area contributed by atoms with Crippen LogP contribution in [-0.2, 0) is 16.0 Å². The van der Waals surface area contributed by atoms with Gasteiger partial charge in [0.25, 0.3) is 0 Å². The van der Waals surface area contributed by atoms with E-state index in [0.29, 0.717) is 11.3 Å². The van der Waals surface area contributed by atoms with Crippen LogP contribution in [0.4, 0.5) is 5.69 Å². The predicted molar refractivity (Wildman–Crippen MR) is 162 cm³/mol. The number of carbonyl (C=O) groups excluding carboxylic acids is 1. The minimum atomic E-state index is -0.708. The third kappa shape index (κ3) is 4.20. The molecule has 0 saturated heterocycles. The summed E-state index contributed by atoms with van der Waals surface area (Å²) in [4.78, 5) is 21.9. The lowest BCUT2D eigenvalue weighted by Crippen LogP contribution is -2.50. The van der Waals surface area contributed by atoms with Crippen LogP contribution in [0.15, 0.2) is 69.8 Å². The molecule has 0 amide bonds. The molecule has 0 bridgehead atoms. The van der Waals surface area contributed by atoms with Crippen molar-refractivity contribution in [3.05, 3.63) is 65.4 Å². The number of carbonyl (C=O) groups is 1. The standard InChI is InChI=1S/C36H44N2O2/c1-34(18-19-37-23-34)33(39)40-28-14-16-35(2)27(21-28)10-12-29-30-13-11-26(36(30,3)17-15-31(29)35)20-24-8-9-25-6-4-5-7-32(25)38-22-24/h4-7,10-11,18-19,22-24,28-31H,8-9,12-17,20-21H2,1-3H3. The van der Waals surface area contributed by atoms with Crippen molar-refractivity contribution in [2.24, 2.45) is 49.9 Å². The number of esters is 1. The molecule has 2 fully saturated rings. The van der Waals surface area contributed by atoms with Crippen molar-refractivity contribution < 1.29 is 9.53 Å². The summed E-state index contributed by atoms with van der Waals surface area (Å²) >= 11 is 0. The Kier molecular flexibility index (Phi) is 6.33. The maximum absolute atomic E-state index is 12.9. The van der Waals surface area contributed by atoms with Crippen molar-refractivity contribution in [2.45, 2.75) is 91.1 Å². The SMILES string of the molecule is CC1(C(=O)OC2CCC3(C)C(=CCC4C5CC=C(CC6C=Nc7ccccc7CC6)C5(C)CCC43)C2)C=CN=C1. The van der Waals surface area contributed by atoms with E-state index in [1.807, 2.05) is 13.0 Å². The van der Waals surface area contributed by atoms with Gasteiger partial charge in [-0.25, -0.2) is 0 Å². The monoisotopic (exact) mass is 536 g/mol. The van der Waals surface area contributed by atoms with Crippen LogP contribution in [0.1, 0.15) is 84.1 Å². The highest BCUT2D eigenvalue weighted by atomic mass is 16.5. The summed E-state index contributed by atoms with van der Waals surface area (Å²) in [7, 11) is 0. The lowest BCUT2D eigenvalue weighted by Gasteiger charge is -2.58. The van der Waals surface area contributed by atoms with Gasteiger partial charge in [-0.1, -0.05) is 55.3 Å². The Bertz CT molecular complexity index is 1340. The lowest BCUT2D eigenvalue weighted by molar-refractivity contribution is -0.156. The quantitative estimate of drug-likeness (QED) is 0.287. The first kappa shape index (κ1) is 26.2. The van der Waals surface area contributed by atoms with E-state index in [-0.39, 0.29) is 17.5 Å². The molecule has 6 aliphatic rings. The molecule has 1 aromatic carbocycles. The molecule has 4 nitrogen and oxygen atoms in total. The number of hydrogen-bond acceptors (Lipinski definition) is 4. The normalized spacial score (nSPS) is 41.2. The first-order valence-electron chi connectivity index (χ1n) is 15.7. The summed E-state index contributed by atoms with van der Waals surface area (Å²) in [5.74, 6) is 2.62. The fourth-order valence-electron chi connectivity index (χ4n) is 9.43. The van der Waals surface area contributed by atoms with E-state index in [2.05, 4.69) is 61.5 Å². The maximum atomic E-state index is 12.9. The van der Waals surface area contributed by atoms with Crippen LogP contribution in [0.5, 0.6) is 0 Å². The summed E-state index contributed by atoms with van der Waals surface area (Å²) in [6, 6.07) is 8.65. The van der Waals surface area contributed by atoms with Crippen LogP contribution in [0, 0.1) is 39.9 Å².